The van der Waals surface area contributed by atoms with Crippen molar-refractivity contribution in [2.45, 2.75) is 29.9 Å². The monoisotopic (exact) mass is 218 g/mol. The molecule has 1 aliphatic heterocycles. The van der Waals surface area contributed by atoms with Gasteiger partial charge >= 0.3 is 29.6 Å². The fourth-order valence-electron chi connectivity index (χ4n) is 1.07. The van der Waals surface area contributed by atoms with Crippen molar-refractivity contribution in [1.82, 2.24) is 0 Å². The molecule has 0 aromatic heterocycles. The van der Waals surface area contributed by atoms with Crippen molar-refractivity contribution in [2.24, 2.45) is 0 Å². The zero-order valence-corrected chi connectivity index (χ0v) is 10.0. The summed E-state index contributed by atoms with van der Waals surface area (Å²) in [6.45, 7) is -0.432. The smallest absolute Gasteiger partial charge is 0.759 e. The summed E-state index contributed by atoms with van der Waals surface area (Å²) in [4.78, 5) is 0. The van der Waals surface area contributed by atoms with Crippen LogP contribution in [0.2, 0.25) is 0 Å². The molecule has 0 amide bonds. The predicted molar refractivity (Wildman–Crippen MR) is 41.1 cm³/mol. The fraction of sp³-hybridized carbons (Fsp3) is 1.00. The Bertz CT molecular complexity index is 155. The Morgan fingerprint density at radius 2 is 1.62 bits per heavy atom. The quantitative estimate of drug-likeness (QED) is 0.259. The first-order chi connectivity index (χ1) is 5.57. The number of rotatable bonds is 1. The third-order valence-electron chi connectivity index (χ3n) is 1.85. The molecule has 72 valence electrons. The van der Waals surface area contributed by atoms with Crippen LogP contribution < -0.4 is 29.6 Å². The van der Waals surface area contributed by atoms with E-state index in [9.17, 15) is 5.11 Å². The summed E-state index contributed by atoms with van der Waals surface area (Å²) in [5.41, 5.74) is -0.986. The first-order valence-electron chi connectivity index (χ1n) is 3.54. The molecule has 13 heavy (non-hydrogen) atoms. The number of ether oxygens (including phenoxy) is 1. The van der Waals surface area contributed by atoms with E-state index in [0.29, 0.717) is 0 Å². The van der Waals surface area contributed by atoms with Crippen LogP contribution in [0.4, 0.5) is 0 Å². The van der Waals surface area contributed by atoms with E-state index in [4.69, 9.17) is 20.1 Å². The SMILES string of the molecule is OCC1O[C@@H]([S-])C(O)[C@H](O)[C@@H]1O.[Na+]. The first kappa shape index (κ1) is 14.2. The maximum absolute atomic E-state index is 9.18. The molecule has 1 rings (SSSR count). The molecule has 7 heteroatoms. The minimum Gasteiger partial charge on any atom is -0.759 e. The molecule has 0 aromatic carbocycles. The van der Waals surface area contributed by atoms with Crippen molar-refractivity contribution < 1.29 is 54.7 Å². The van der Waals surface area contributed by atoms with E-state index >= 15 is 0 Å². The van der Waals surface area contributed by atoms with Gasteiger partial charge in [-0.1, -0.05) is 0 Å². The predicted octanol–water partition coefficient (Wildman–Crippen LogP) is -5.66. The maximum Gasteiger partial charge on any atom is 1.00 e. The van der Waals surface area contributed by atoms with Gasteiger partial charge in [0.05, 0.1) is 12.7 Å². The van der Waals surface area contributed by atoms with Crippen LogP contribution in [0.1, 0.15) is 0 Å². The van der Waals surface area contributed by atoms with Crippen molar-refractivity contribution >= 4 is 12.6 Å². The average molecular weight is 218 g/mol. The molecule has 0 aromatic rings. The number of hydrogen-bond acceptors (Lipinski definition) is 6. The molecule has 0 bridgehead atoms. The Kier molecular flexibility index (Phi) is 6.41. The van der Waals surface area contributed by atoms with Crippen LogP contribution in [0, 0.1) is 0 Å². The van der Waals surface area contributed by atoms with Crippen LogP contribution >= 0.6 is 0 Å². The molecule has 0 saturated carbocycles. The zero-order chi connectivity index (χ0) is 9.30. The van der Waals surface area contributed by atoms with E-state index in [0.717, 1.165) is 0 Å². The van der Waals surface area contributed by atoms with Gasteiger partial charge in [0.15, 0.2) is 0 Å². The van der Waals surface area contributed by atoms with Gasteiger partial charge in [-0.15, -0.1) is 0 Å². The fourth-order valence-corrected chi connectivity index (χ4v) is 1.37. The Balaban J connectivity index is 0.00000144. The number of aliphatic hydroxyl groups is 4. The van der Waals surface area contributed by atoms with Gasteiger partial charge in [-0.2, -0.15) is 0 Å². The van der Waals surface area contributed by atoms with Crippen molar-refractivity contribution in [2.75, 3.05) is 6.61 Å². The maximum atomic E-state index is 9.18. The van der Waals surface area contributed by atoms with E-state index < -0.39 is 36.5 Å². The number of hydrogen-bond donors (Lipinski definition) is 4. The van der Waals surface area contributed by atoms with Gasteiger partial charge in [0, 0.05) is 0 Å². The summed E-state index contributed by atoms with van der Waals surface area (Å²) in [5.74, 6) is 0. The second-order valence-electron chi connectivity index (χ2n) is 2.70. The third kappa shape index (κ3) is 3.05. The largest absolute Gasteiger partial charge is 1.00 e. The van der Waals surface area contributed by atoms with Gasteiger partial charge in [-0.05, 0) is 5.44 Å². The van der Waals surface area contributed by atoms with E-state index in [2.05, 4.69) is 12.6 Å². The molecule has 0 aliphatic carbocycles. The third-order valence-corrected chi connectivity index (χ3v) is 2.24. The molecular formula is C6H11NaO5S. The standard InChI is InChI=1S/C6H12O5S.Na/c7-1-2-3(8)4(9)5(10)6(12)11-2;/h2-10,12H,1H2;/q;+1/p-1/t2?,3-,4-,5?,6+;/m1./s1. The molecule has 1 saturated heterocycles. The second kappa shape index (κ2) is 5.89. The normalized spacial score (nSPS) is 45.5. The summed E-state index contributed by atoms with van der Waals surface area (Å²) in [6, 6.07) is 0. The Morgan fingerprint density at radius 3 is 2.08 bits per heavy atom. The molecule has 0 radical (unpaired) electrons. The number of aliphatic hydroxyl groups excluding tert-OH is 4. The molecule has 5 nitrogen and oxygen atoms in total. The average Bonchev–Trinajstić information content (AvgIpc) is 2.08. The molecule has 4 N–H and O–H groups in total. The van der Waals surface area contributed by atoms with Crippen LogP contribution in [0.5, 0.6) is 0 Å². The van der Waals surface area contributed by atoms with Gasteiger partial charge in [0.2, 0.25) is 0 Å². The molecule has 1 aliphatic rings. The van der Waals surface area contributed by atoms with E-state index in [-0.39, 0.29) is 29.6 Å². The molecule has 2 unspecified atom stereocenters. The van der Waals surface area contributed by atoms with Gasteiger partial charge < -0.3 is 37.8 Å². The van der Waals surface area contributed by atoms with E-state index in [1.807, 2.05) is 0 Å². The minimum absolute atomic E-state index is 0. The van der Waals surface area contributed by atoms with Crippen LogP contribution in [0.25, 0.3) is 0 Å². The summed E-state index contributed by atoms with van der Waals surface area (Å²) in [5, 5.41) is 36.1. The van der Waals surface area contributed by atoms with Gasteiger partial charge in [-0.25, -0.2) is 0 Å². The van der Waals surface area contributed by atoms with Crippen molar-refractivity contribution in [3.63, 3.8) is 0 Å². The molecule has 1 fully saturated rings. The van der Waals surface area contributed by atoms with Crippen molar-refractivity contribution in [3.8, 4) is 0 Å². The summed E-state index contributed by atoms with van der Waals surface area (Å²) >= 11 is 4.63. The van der Waals surface area contributed by atoms with Gasteiger partial charge in [0.25, 0.3) is 0 Å². The van der Waals surface area contributed by atoms with Gasteiger partial charge in [-0.3, -0.25) is 0 Å². The Hall–Kier alpha value is 1.15. The summed E-state index contributed by atoms with van der Waals surface area (Å²) < 4.78 is 4.84. The van der Waals surface area contributed by atoms with Crippen molar-refractivity contribution in [1.29, 1.82) is 0 Å². The van der Waals surface area contributed by atoms with Crippen LogP contribution in [0.15, 0.2) is 0 Å². The minimum atomic E-state index is -1.35. The molecule has 1 heterocycles. The first-order valence-corrected chi connectivity index (χ1v) is 4.01. The van der Waals surface area contributed by atoms with Crippen LogP contribution in [-0.2, 0) is 17.4 Å². The van der Waals surface area contributed by atoms with E-state index in [1.165, 1.54) is 0 Å². The molecular weight excluding hydrogens is 207 g/mol. The zero-order valence-electron chi connectivity index (χ0n) is 7.20. The van der Waals surface area contributed by atoms with Crippen LogP contribution in [-0.4, -0.2) is 56.9 Å². The van der Waals surface area contributed by atoms with Crippen LogP contribution in [0.3, 0.4) is 0 Å². The molecule has 5 atom stereocenters. The topological polar surface area (TPSA) is 90.2 Å². The Morgan fingerprint density at radius 1 is 1.08 bits per heavy atom. The summed E-state index contributed by atoms with van der Waals surface area (Å²) in [7, 11) is 0. The van der Waals surface area contributed by atoms with Crippen molar-refractivity contribution in [3.05, 3.63) is 0 Å². The second-order valence-corrected chi connectivity index (χ2v) is 3.16. The van der Waals surface area contributed by atoms with E-state index in [1.54, 1.807) is 0 Å². The Labute approximate surface area is 103 Å². The van der Waals surface area contributed by atoms with Gasteiger partial charge in [0.1, 0.15) is 18.3 Å². The summed E-state index contributed by atoms with van der Waals surface area (Å²) in [6.07, 6.45) is -4.83. The molecule has 0 spiro atoms.